The molecule has 0 saturated carbocycles. The van der Waals surface area contributed by atoms with E-state index in [0.717, 1.165) is 0 Å². The molecular weight excluding hydrogens is 208 g/mol. The van der Waals surface area contributed by atoms with Crippen molar-refractivity contribution in [3.63, 3.8) is 0 Å². The number of hydrogen-bond acceptors (Lipinski definition) is 4. The van der Waals surface area contributed by atoms with E-state index < -0.39 is 0 Å². The van der Waals surface area contributed by atoms with Gasteiger partial charge in [0.2, 0.25) is 0 Å². The van der Waals surface area contributed by atoms with Crippen molar-refractivity contribution in [3.05, 3.63) is 48.6 Å². The molecule has 0 amide bonds. The zero-order valence-corrected chi connectivity index (χ0v) is 8.25. The molecule has 2 aliphatic rings. The molecular formula is C12H8O4. The molecule has 0 saturated heterocycles. The fourth-order valence-corrected chi connectivity index (χ4v) is 0.879. The molecule has 0 atom stereocenters. The van der Waals surface area contributed by atoms with Gasteiger partial charge in [-0.3, -0.25) is 19.2 Å². The number of ketones is 4. The van der Waals surface area contributed by atoms with Gasteiger partial charge in [0.15, 0.2) is 23.1 Å². The van der Waals surface area contributed by atoms with Crippen LogP contribution in [0.4, 0.5) is 0 Å². The Labute approximate surface area is 91.6 Å². The van der Waals surface area contributed by atoms with Crippen molar-refractivity contribution >= 4 is 23.1 Å². The monoisotopic (exact) mass is 216 g/mol. The average Bonchev–Trinajstić information content (AvgIpc) is 2.28. The van der Waals surface area contributed by atoms with E-state index in [-0.39, 0.29) is 23.1 Å². The van der Waals surface area contributed by atoms with Gasteiger partial charge in [-0.1, -0.05) is 0 Å². The highest BCUT2D eigenvalue weighted by Crippen LogP contribution is 1.91. The Morgan fingerprint density at radius 1 is 0.375 bits per heavy atom. The van der Waals surface area contributed by atoms with Gasteiger partial charge in [-0.05, 0) is 48.6 Å². The molecule has 2 aliphatic carbocycles. The van der Waals surface area contributed by atoms with Crippen molar-refractivity contribution in [1.29, 1.82) is 0 Å². The van der Waals surface area contributed by atoms with E-state index in [1.807, 2.05) is 0 Å². The van der Waals surface area contributed by atoms with Gasteiger partial charge in [0, 0.05) is 0 Å². The van der Waals surface area contributed by atoms with Gasteiger partial charge in [0.05, 0.1) is 0 Å². The summed E-state index contributed by atoms with van der Waals surface area (Å²) in [7, 11) is 0. The number of rotatable bonds is 0. The van der Waals surface area contributed by atoms with Crippen LogP contribution in [0.5, 0.6) is 0 Å². The number of allylic oxidation sites excluding steroid dienone is 8. The van der Waals surface area contributed by atoms with Crippen molar-refractivity contribution in [1.82, 2.24) is 0 Å². The maximum atomic E-state index is 10.3. The van der Waals surface area contributed by atoms with Gasteiger partial charge in [0.25, 0.3) is 0 Å². The first kappa shape index (κ1) is 11.7. The minimum Gasteiger partial charge on any atom is -0.290 e. The molecule has 0 bridgehead atoms. The zero-order valence-electron chi connectivity index (χ0n) is 8.25. The quantitative estimate of drug-likeness (QED) is 0.553. The molecule has 0 aromatic heterocycles. The standard InChI is InChI=1S/2C6H4O2/c2*7-5-1-2-6(8)4-3-5/h2*1-4H. The number of carbonyl (C=O) groups is 4. The molecule has 0 N–H and O–H groups in total. The summed E-state index contributed by atoms with van der Waals surface area (Å²) in [6, 6.07) is 0. The summed E-state index contributed by atoms with van der Waals surface area (Å²) in [5, 5.41) is 0. The van der Waals surface area contributed by atoms with Gasteiger partial charge in [-0.25, -0.2) is 0 Å². The third kappa shape index (κ3) is 4.23. The highest BCUT2D eigenvalue weighted by molar-refractivity contribution is 6.14. The van der Waals surface area contributed by atoms with Gasteiger partial charge >= 0.3 is 0 Å². The number of hydrogen-bond donors (Lipinski definition) is 0. The van der Waals surface area contributed by atoms with Crippen LogP contribution in [0.15, 0.2) is 48.6 Å². The molecule has 16 heavy (non-hydrogen) atoms. The second kappa shape index (κ2) is 5.50. The summed E-state index contributed by atoms with van der Waals surface area (Å²) in [6.45, 7) is 0. The van der Waals surface area contributed by atoms with Gasteiger partial charge in [-0.15, -0.1) is 0 Å². The summed E-state index contributed by atoms with van der Waals surface area (Å²) >= 11 is 0. The Hall–Kier alpha value is -2.36. The first-order chi connectivity index (χ1) is 7.58. The van der Waals surface area contributed by atoms with E-state index in [1.54, 1.807) is 0 Å². The van der Waals surface area contributed by atoms with Crippen LogP contribution < -0.4 is 0 Å². The highest BCUT2D eigenvalue weighted by atomic mass is 16.1. The highest BCUT2D eigenvalue weighted by Gasteiger charge is 1.98. The van der Waals surface area contributed by atoms with Gasteiger partial charge in [0.1, 0.15) is 0 Å². The first-order valence-corrected chi connectivity index (χ1v) is 4.46. The minimum absolute atomic E-state index is 0.121. The van der Waals surface area contributed by atoms with E-state index in [2.05, 4.69) is 0 Å². The minimum atomic E-state index is -0.121. The van der Waals surface area contributed by atoms with Crippen LogP contribution >= 0.6 is 0 Å². The molecule has 2 rings (SSSR count). The molecule has 0 aromatic carbocycles. The van der Waals surface area contributed by atoms with Crippen molar-refractivity contribution in [3.8, 4) is 0 Å². The van der Waals surface area contributed by atoms with Gasteiger partial charge in [-0.2, -0.15) is 0 Å². The third-order valence-electron chi connectivity index (χ3n) is 1.65. The van der Waals surface area contributed by atoms with Gasteiger partial charge < -0.3 is 0 Å². The lowest BCUT2D eigenvalue weighted by Gasteiger charge is -1.87. The van der Waals surface area contributed by atoms with Crippen LogP contribution in [0, 0.1) is 0 Å². The van der Waals surface area contributed by atoms with E-state index in [0.29, 0.717) is 0 Å². The fraction of sp³-hybridized carbons (Fsp3) is 0. The maximum Gasteiger partial charge on any atom is 0.178 e. The predicted molar refractivity (Wildman–Crippen MR) is 56.6 cm³/mol. The summed E-state index contributed by atoms with van der Waals surface area (Å²) < 4.78 is 0. The lowest BCUT2D eigenvalue weighted by atomic mass is 10.2. The Morgan fingerprint density at radius 3 is 0.625 bits per heavy atom. The molecule has 4 nitrogen and oxygen atoms in total. The Balaban J connectivity index is 0.000000160. The van der Waals surface area contributed by atoms with Crippen LogP contribution in [-0.4, -0.2) is 23.1 Å². The van der Waals surface area contributed by atoms with Crippen molar-refractivity contribution in [2.24, 2.45) is 0 Å². The summed E-state index contributed by atoms with van der Waals surface area (Å²) in [4.78, 5) is 41.1. The molecule has 80 valence electrons. The first-order valence-electron chi connectivity index (χ1n) is 4.46. The molecule has 0 aromatic rings. The van der Waals surface area contributed by atoms with E-state index in [1.165, 1.54) is 48.6 Å². The predicted octanol–water partition coefficient (Wildman–Crippen LogP) is 0.501. The van der Waals surface area contributed by atoms with Crippen LogP contribution in [0.3, 0.4) is 0 Å². The zero-order chi connectivity index (χ0) is 12.0. The third-order valence-corrected chi connectivity index (χ3v) is 1.65. The molecule has 0 fully saturated rings. The molecule has 0 heterocycles. The summed E-state index contributed by atoms with van der Waals surface area (Å²) in [5.74, 6) is -0.483. The van der Waals surface area contributed by atoms with E-state index in [4.69, 9.17) is 0 Å². The Kier molecular flexibility index (Phi) is 4.03. The SMILES string of the molecule is O=C1C=CC(=O)C=C1.O=C1C=CC(=O)C=C1. The van der Waals surface area contributed by atoms with E-state index >= 15 is 0 Å². The smallest absolute Gasteiger partial charge is 0.178 e. The normalized spacial score (nSPS) is 17.5. The van der Waals surface area contributed by atoms with Crippen LogP contribution in [0.1, 0.15) is 0 Å². The number of carbonyl (C=O) groups excluding carboxylic acids is 4. The van der Waals surface area contributed by atoms with Crippen molar-refractivity contribution < 1.29 is 19.2 Å². The topological polar surface area (TPSA) is 68.3 Å². The summed E-state index contributed by atoms with van der Waals surface area (Å²) in [5.41, 5.74) is 0. The lowest BCUT2D eigenvalue weighted by molar-refractivity contribution is -0.113. The molecule has 0 aliphatic heterocycles. The van der Waals surface area contributed by atoms with Crippen LogP contribution in [0.25, 0.3) is 0 Å². The fourth-order valence-electron chi connectivity index (χ4n) is 0.879. The molecule has 0 spiro atoms. The van der Waals surface area contributed by atoms with Crippen molar-refractivity contribution in [2.45, 2.75) is 0 Å². The van der Waals surface area contributed by atoms with Crippen LogP contribution in [-0.2, 0) is 19.2 Å². The second-order valence-electron chi connectivity index (χ2n) is 2.94. The van der Waals surface area contributed by atoms with E-state index in [9.17, 15) is 19.2 Å². The molecule has 0 radical (unpaired) electrons. The van der Waals surface area contributed by atoms with Crippen LogP contribution in [0.2, 0.25) is 0 Å². The Bertz CT molecular complexity index is 341. The summed E-state index contributed by atoms with van der Waals surface area (Å²) in [6.07, 6.45) is 10.0. The molecule has 0 unspecified atom stereocenters. The maximum absolute atomic E-state index is 10.3. The Morgan fingerprint density at radius 2 is 0.500 bits per heavy atom. The molecule has 4 heteroatoms. The second-order valence-corrected chi connectivity index (χ2v) is 2.94. The van der Waals surface area contributed by atoms with Crippen molar-refractivity contribution in [2.75, 3.05) is 0 Å². The average molecular weight is 216 g/mol. The largest absolute Gasteiger partial charge is 0.290 e. The lowest BCUT2D eigenvalue weighted by Crippen LogP contribution is -1.97.